The van der Waals surface area contributed by atoms with Crippen LogP contribution in [0.25, 0.3) is 107 Å². The average molecular weight is 865 g/mol. The maximum absolute atomic E-state index is 5.48. The third kappa shape index (κ3) is 6.45. The summed E-state index contributed by atoms with van der Waals surface area (Å²) in [5.74, 6) is 1.98. The number of aromatic nitrogens is 3. The van der Waals surface area contributed by atoms with Gasteiger partial charge >= 0.3 is 0 Å². The molecule has 65 heavy (non-hydrogen) atoms. The van der Waals surface area contributed by atoms with Gasteiger partial charge in [0.2, 0.25) is 0 Å². The summed E-state index contributed by atoms with van der Waals surface area (Å²) in [6, 6.07) is 78.1. The minimum Gasteiger partial charge on any atom is -0.310 e. The summed E-state index contributed by atoms with van der Waals surface area (Å²) in [6.07, 6.45) is 0. The molecule has 6 heteroatoms. The Kier molecular flexibility index (Phi) is 8.86. The van der Waals surface area contributed by atoms with Crippen molar-refractivity contribution in [2.24, 2.45) is 0 Å². The fraction of sp³-hybridized carbons (Fsp3) is 0. The van der Waals surface area contributed by atoms with Crippen LogP contribution in [0.4, 0.5) is 17.1 Å². The molecule has 0 unspecified atom stereocenters. The number of fused-ring (bicyclic) bond motifs is 8. The number of hydrogen-bond acceptors (Lipinski definition) is 6. The van der Waals surface area contributed by atoms with E-state index in [4.69, 9.17) is 15.0 Å². The number of rotatable bonds is 7. The Labute approximate surface area is 383 Å². The number of benzene rings is 10. The SMILES string of the molecule is c1ccc(-c2nc(-c3cccc4sc5ccccc5c34)nc(-c3c4ccccc4cc4sc5ccc(-c6ccc(N(c7ccccc7)c7ccc8ccccc8c7)cc6)cc5c34)n2)cc1. The molecule has 10 aromatic carbocycles. The van der Waals surface area contributed by atoms with Crippen molar-refractivity contribution in [3.8, 4) is 45.3 Å². The Morgan fingerprint density at radius 1 is 0.308 bits per heavy atom. The summed E-state index contributed by atoms with van der Waals surface area (Å²) in [5, 5.41) is 9.43. The zero-order valence-electron chi connectivity index (χ0n) is 34.9. The normalized spacial score (nSPS) is 11.7. The number of thiophene rings is 2. The van der Waals surface area contributed by atoms with Gasteiger partial charge in [-0.25, -0.2) is 15.0 Å². The van der Waals surface area contributed by atoms with Crippen LogP contribution in [0.3, 0.4) is 0 Å². The van der Waals surface area contributed by atoms with E-state index in [2.05, 4.69) is 205 Å². The highest BCUT2D eigenvalue weighted by Gasteiger charge is 2.22. The smallest absolute Gasteiger partial charge is 0.165 e. The molecule has 0 amide bonds. The minimum absolute atomic E-state index is 0.650. The molecule has 0 aliphatic carbocycles. The quantitative estimate of drug-likeness (QED) is 0.160. The van der Waals surface area contributed by atoms with Gasteiger partial charge in [-0.05, 0) is 99.4 Å². The van der Waals surface area contributed by atoms with Crippen LogP contribution < -0.4 is 4.90 Å². The number of nitrogens with zero attached hydrogens (tertiary/aromatic N) is 4. The van der Waals surface area contributed by atoms with Crippen molar-refractivity contribution in [1.29, 1.82) is 0 Å². The molecular weight excluding hydrogens is 829 g/mol. The molecule has 0 aliphatic rings. The summed E-state index contributed by atoms with van der Waals surface area (Å²) in [6.45, 7) is 0. The molecule has 304 valence electrons. The Balaban J connectivity index is 0.992. The third-order valence-electron chi connectivity index (χ3n) is 12.5. The maximum atomic E-state index is 5.48. The summed E-state index contributed by atoms with van der Waals surface area (Å²) in [5.41, 5.74) is 8.59. The number of hydrogen-bond donors (Lipinski definition) is 0. The van der Waals surface area contributed by atoms with Crippen LogP contribution in [-0.4, -0.2) is 15.0 Å². The van der Waals surface area contributed by atoms with Crippen LogP contribution in [0.1, 0.15) is 0 Å². The molecule has 0 N–H and O–H groups in total. The molecule has 3 heterocycles. The first-order valence-electron chi connectivity index (χ1n) is 21.8. The molecule has 0 spiro atoms. The monoisotopic (exact) mass is 864 g/mol. The van der Waals surface area contributed by atoms with Gasteiger partial charge in [0.05, 0.1) is 0 Å². The Hall–Kier alpha value is -8.03. The molecule has 0 radical (unpaired) electrons. The van der Waals surface area contributed by atoms with E-state index in [-0.39, 0.29) is 0 Å². The van der Waals surface area contributed by atoms with Crippen LogP contribution >= 0.6 is 22.7 Å². The summed E-state index contributed by atoms with van der Waals surface area (Å²) >= 11 is 3.63. The van der Waals surface area contributed by atoms with Gasteiger partial charge in [-0.3, -0.25) is 0 Å². The third-order valence-corrected chi connectivity index (χ3v) is 14.7. The molecule has 0 aliphatic heterocycles. The molecule has 0 saturated heterocycles. The van der Waals surface area contributed by atoms with E-state index < -0.39 is 0 Å². The molecule has 0 bridgehead atoms. The zero-order chi connectivity index (χ0) is 42.8. The Bertz CT molecular complexity index is 3950. The van der Waals surface area contributed by atoms with Crippen molar-refractivity contribution in [2.45, 2.75) is 0 Å². The van der Waals surface area contributed by atoms with E-state index >= 15 is 0 Å². The van der Waals surface area contributed by atoms with Crippen LogP contribution in [-0.2, 0) is 0 Å². The summed E-state index contributed by atoms with van der Waals surface area (Å²) < 4.78 is 4.88. The first-order chi connectivity index (χ1) is 32.2. The molecule has 0 atom stereocenters. The van der Waals surface area contributed by atoms with E-state index in [1.165, 1.54) is 45.7 Å². The maximum Gasteiger partial charge on any atom is 0.165 e. The first kappa shape index (κ1) is 37.5. The topological polar surface area (TPSA) is 41.9 Å². The molecular formula is C59H36N4S2. The number of anilines is 3. The molecule has 0 fully saturated rings. The van der Waals surface area contributed by atoms with Crippen molar-refractivity contribution in [3.05, 3.63) is 218 Å². The van der Waals surface area contributed by atoms with Crippen LogP contribution in [0, 0.1) is 0 Å². The van der Waals surface area contributed by atoms with Crippen LogP contribution in [0.2, 0.25) is 0 Å². The average Bonchev–Trinajstić information content (AvgIpc) is 3.94. The van der Waals surface area contributed by atoms with Gasteiger partial charge in [0.1, 0.15) is 0 Å². The zero-order valence-corrected chi connectivity index (χ0v) is 36.5. The summed E-state index contributed by atoms with van der Waals surface area (Å²) in [7, 11) is 0. The van der Waals surface area contributed by atoms with E-state index in [0.29, 0.717) is 17.5 Å². The Morgan fingerprint density at radius 2 is 0.923 bits per heavy atom. The highest BCUT2D eigenvalue weighted by atomic mass is 32.1. The van der Waals surface area contributed by atoms with Crippen molar-refractivity contribution >= 4 is 102 Å². The predicted octanol–water partition coefficient (Wildman–Crippen LogP) is 17.1. The van der Waals surface area contributed by atoms with E-state index in [9.17, 15) is 0 Å². The lowest BCUT2D eigenvalue weighted by molar-refractivity contribution is 1.08. The highest BCUT2D eigenvalue weighted by molar-refractivity contribution is 7.26. The van der Waals surface area contributed by atoms with Crippen LogP contribution in [0.5, 0.6) is 0 Å². The second kappa shape index (κ2) is 15.3. The van der Waals surface area contributed by atoms with Gasteiger partial charge in [-0.15, -0.1) is 22.7 Å². The predicted molar refractivity (Wildman–Crippen MR) is 277 cm³/mol. The fourth-order valence-electron chi connectivity index (χ4n) is 9.44. The van der Waals surface area contributed by atoms with E-state index in [1.807, 2.05) is 29.5 Å². The Morgan fingerprint density at radius 3 is 1.77 bits per heavy atom. The van der Waals surface area contributed by atoms with Gasteiger partial charge in [-0.2, -0.15) is 0 Å². The highest BCUT2D eigenvalue weighted by Crippen LogP contribution is 2.46. The lowest BCUT2D eigenvalue weighted by Crippen LogP contribution is -2.09. The number of para-hydroxylation sites is 1. The van der Waals surface area contributed by atoms with Gasteiger partial charge < -0.3 is 4.90 Å². The molecule has 3 aromatic heterocycles. The minimum atomic E-state index is 0.650. The van der Waals surface area contributed by atoms with Crippen molar-refractivity contribution in [3.63, 3.8) is 0 Å². The second-order valence-electron chi connectivity index (χ2n) is 16.4. The lowest BCUT2D eigenvalue weighted by Gasteiger charge is -2.26. The largest absolute Gasteiger partial charge is 0.310 e. The van der Waals surface area contributed by atoms with Crippen LogP contribution in [0.15, 0.2) is 218 Å². The molecule has 4 nitrogen and oxygen atoms in total. The molecule has 0 saturated carbocycles. The van der Waals surface area contributed by atoms with Gasteiger partial charge in [-0.1, -0.05) is 152 Å². The van der Waals surface area contributed by atoms with E-state index in [1.54, 1.807) is 11.3 Å². The first-order valence-corrected chi connectivity index (χ1v) is 23.4. The summed E-state index contributed by atoms with van der Waals surface area (Å²) in [4.78, 5) is 18.4. The lowest BCUT2D eigenvalue weighted by atomic mass is 9.96. The second-order valence-corrected chi connectivity index (χ2v) is 18.5. The fourth-order valence-corrected chi connectivity index (χ4v) is 11.7. The van der Waals surface area contributed by atoms with Gasteiger partial charge in [0, 0.05) is 74.1 Å². The van der Waals surface area contributed by atoms with Gasteiger partial charge in [0.15, 0.2) is 17.5 Å². The van der Waals surface area contributed by atoms with Crippen molar-refractivity contribution < 1.29 is 0 Å². The van der Waals surface area contributed by atoms with Crippen molar-refractivity contribution in [2.75, 3.05) is 4.90 Å². The van der Waals surface area contributed by atoms with Gasteiger partial charge in [0.25, 0.3) is 0 Å². The molecule has 13 rings (SSSR count). The van der Waals surface area contributed by atoms with Crippen molar-refractivity contribution in [1.82, 2.24) is 15.0 Å². The van der Waals surface area contributed by atoms with E-state index in [0.717, 1.165) is 61.0 Å². The standard InChI is InChI=1S/C59H36N4S2/c1-3-15-39(16-4-1)57-60-58(48-23-13-25-52-54(48)47-22-11-12-24-50(47)64-52)62-59(61-57)56-46-21-10-9-18-42(46)36-53-55(56)49-35-41(29-33-51(49)65-53)38-26-30-44(31-27-38)63(43-19-5-2-6-20-43)45-32-28-37-14-7-8-17-40(37)34-45/h1-36H. The molecule has 13 aromatic rings.